The van der Waals surface area contributed by atoms with Crippen molar-refractivity contribution in [2.24, 2.45) is 5.92 Å². The van der Waals surface area contributed by atoms with E-state index >= 15 is 0 Å². The standard InChI is InChI=1S/C20H18ClN3O/c21-18-3-1-2-14(11-18)15-4-5-19-16(10-15)7-9-24(19)20(25)17-6-8-23(12-17)13-22/h1-5,10-11,17H,6-9,12H2/t17-/m0/s1. The van der Waals surface area contributed by atoms with Gasteiger partial charge in [-0.2, -0.15) is 5.26 Å². The molecule has 126 valence electrons. The molecule has 2 aromatic rings. The van der Waals surface area contributed by atoms with E-state index in [0.29, 0.717) is 13.1 Å². The van der Waals surface area contributed by atoms with Crippen molar-refractivity contribution in [3.63, 3.8) is 0 Å². The van der Waals surface area contributed by atoms with E-state index in [9.17, 15) is 4.79 Å². The lowest BCUT2D eigenvalue weighted by Crippen LogP contribution is -2.35. The number of nitriles is 1. The number of benzene rings is 2. The van der Waals surface area contributed by atoms with Crippen LogP contribution < -0.4 is 4.90 Å². The van der Waals surface area contributed by atoms with Gasteiger partial charge in [0.15, 0.2) is 6.19 Å². The molecule has 1 atom stereocenters. The zero-order chi connectivity index (χ0) is 17.4. The molecular formula is C20H18ClN3O. The summed E-state index contributed by atoms with van der Waals surface area (Å²) in [5, 5.41) is 9.71. The molecule has 0 spiro atoms. The van der Waals surface area contributed by atoms with Crippen LogP contribution in [0.5, 0.6) is 0 Å². The third kappa shape index (κ3) is 2.96. The van der Waals surface area contributed by atoms with Gasteiger partial charge < -0.3 is 9.80 Å². The Morgan fingerprint density at radius 2 is 2.00 bits per heavy atom. The average Bonchev–Trinajstić information content (AvgIpc) is 3.27. The molecule has 2 aliphatic heterocycles. The number of fused-ring (bicyclic) bond motifs is 1. The topological polar surface area (TPSA) is 47.3 Å². The van der Waals surface area contributed by atoms with E-state index in [2.05, 4.69) is 12.3 Å². The number of hydrogen-bond donors (Lipinski definition) is 0. The van der Waals surface area contributed by atoms with Gasteiger partial charge in [-0.3, -0.25) is 4.79 Å². The maximum Gasteiger partial charge on any atom is 0.231 e. The highest BCUT2D eigenvalue weighted by Gasteiger charge is 2.34. The fourth-order valence-electron chi connectivity index (χ4n) is 3.75. The number of likely N-dealkylation sites (tertiary alicyclic amines) is 1. The quantitative estimate of drug-likeness (QED) is 0.775. The van der Waals surface area contributed by atoms with Crippen LogP contribution in [0.15, 0.2) is 42.5 Å². The van der Waals surface area contributed by atoms with Crippen molar-refractivity contribution >= 4 is 23.2 Å². The third-order valence-corrected chi connectivity index (χ3v) is 5.31. The van der Waals surface area contributed by atoms with E-state index in [1.54, 1.807) is 4.90 Å². The first-order chi connectivity index (χ1) is 12.2. The molecule has 2 aromatic carbocycles. The molecule has 0 aliphatic carbocycles. The molecule has 2 aliphatic rings. The number of nitrogens with zero attached hydrogens (tertiary/aromatic N) is 3. The van der Waals surface area contributed by atoms with Gasteiger partial charge in [0.05, 0.1) is 5.92 Å². The molecule has 0 unspecified atom stereocenters. The first kappa shape index (κ1) is 16.0. The average molecular weight is 352 g/mol. The van der Waals surface area contributed by atoms with Crippen molar-refractivity contribution in [2.75, 3.05) is 24.5 Å². The summed E-state index contributed by atoms with van der Waals surface area (Å²) in [5.41, 5.74) is 4.40. The maximum absolute atomic E-state index is 12.8. The zero-order valence-corrected chi connectivity index (χ0v) is 14.5. The first-order valence-corrected chi connectivity index (χ1v) is 8.88. The third-order valence-electron chi connectivity index (χ3n) is 5.08. The molecule has 5 heteroatoms. The lowest BCUT2D eigenvalue weighted by atomic mass is 10.0. The lowest BCUT2D eigenvalue weighted by molar-refractivity contribution is -0.121. The monoisotopic (exact) mass is 351 g/mol. The molecule has 1 fully saturated rings. The number of amides is 1. The molecule has 1 saturated heterocycles. The van der Waals surface area contributed by atoms with Crippen LogP contribution in [0.2, 0.25) is 5.02 Å². The van der Waals surface area contributed by atoms with E-state index < -0.39 is 0 Å². The zero-order valence-electron chi connectivity index (χ0n) is 13.8. The largest absolute Gasteiger partial charge is 0.312 e. The fraction of sp³-hybridized carbons (Fsp3) is 0.300. The van der Waals surface area contributed by atoms with Crippen molar-refractivity contribution in [1.29, 1.82) is 5.26 Å². The molecule has 0 bridgehead atoms. The van der Waals surface area contributed by atoms with Crippen LogP contribution in [0, 0.1) is 17.4 Å². The second-order valence-electron chi connectivity index (χ2n) is 6.63. The summed E-state index contributed by atoms with van der Waals surface area (Å²) in [7, 11) is 0. The Hall–Kier alpha value is -2.51. The summed E-state index contributed by atoms with van der Waals surface area (Å²) in [6.45, 7) is 1.94. The van der Waals surface area contributed by atoms with E-state index in [1.807, 2.05) is 41.3 Å². The molecule has 4 nitrogen and oxygen atoms in total. The Morgan fingerprint density at radius 1 is 1.16 bits per heavy atom. The summed E-state index contributed by atoms with van der Waals surface area (Å²) >= 11 is 6.09. The maximum atomic E-state index is 12.8. The number of anilines is 1. The smallest absolute Gasteiger partial charge is 0.231 e. The molecule has 4 rings (SSSR count). The number of rotatable bonds is 2. The number of carbonyl (C=O) groups excluding carboxylic acids is 1. The summed E-state index contributed by atoms with van der Waals surface area (Å²) in [4.78, 5) is 16.4. The van der Waals surface area contributed by atoms with Crippen molar-refractivity contribution in [2.45, 2.75) is 12.8 Å². The van der Waals surface area contributed by atoms with Gasteiger partial charge in [0.2, 0.25) is 5.91 Å². The number of halogens is 1. The highest BCUT2D eigenvalue weighted by molar-refractivity contribution is 6.30. The van der Waals surface area contributed by atoms with Gasteiger partial charge >= 0.3 is 0 Å². The van der Waals surface area contributed by atoms with Crippen LogP contribution in [0.1, 0.15) is 12.0 Å². The van der Waals surface area contributed by atoms with Gasteiger partial charge in [-0.05, 0) is 53.8 Å². The second-order valence-corrected chi connectivity index (χ2v) is 7.06. The van der Waals surface area contributed by atoms with Crippen molar-refractivity contribution in [1.82, 2.24) is 4.90 Å². The molecular weight excluding hydrogens is 334 g/mol. The Balaban J connectivity index is 1.57. The highest BCUT2D eigenvalue weighted by Crippen LogP contribution is 2.34. The van der Waals surface area contributed by atoms with Crippen LogP contribution in [0.3, 0.4) is 0 Å². The van der Waals surface area contributed by atoms with E-state index in [-0.39, 0.29) is 11.8 Å². The summed E-state index contributed by atoms with van der Waals surface area (Å²) < 4.78 is 0. The van der Waals surface area contributed by atoms with Crippen LogP contribution in [0.25, 0.3) is 11.1 Å². The van der Waals surface area contributed by atoms with E-state index in [1.165, 1.54) is 5.56 Å². The minimum absolute atomic E-state index is 0.0711. The lowest BCUT2D eigenvalue weighted by Gasteiger charge is -2.21. The minimum atomic E-state index is -0.0711. The molecule has 0 N–H and O–H groups in total. The predicted molar refractivity (Wildman–Crippen MR) is 98.2 cm³/mol. The summed E-state index contributed by atoms with van der Waals surface area (Å²) in [6, 6.07) is 14.0. The predicted octanol–water partition coefficient (Wildman–Crippen LogP) is 3.70. The number of hydrogen-bond acceptors (Lipinski definition) is 3. The van der Waals surface area contributed by atoms with Crippen molar-refractivity contribution < 1.29 is 4.79 Å². The Kier molecular flexibility index (Phi) is 4.10. The highest BCUT2D eigenvalue weighted by atomic mass is 35.5. The van der Waals surface area contributed by atoms with Gasteiger partial charge in [-0.15, -0.1) is 0 Å². The summed E-state index contributed by atoms with van der Waals surface area (Å²) in [6.07, 6.45) is 3.77. The van der Waals surface area contributed by atoms with Crippen LogP contribution in [0.4, 0.5) is 5.69 Å². The Labute approximate surface area is 152 Å². The first-order valence-electron chi connectivity index (χ1n) is 8.50. The van der Waals surface area contributed by atoms with E-state index in [0.717, 1.165) is 41.2 Å². The Morgan fingerprint density at radius 3 is 2.76 bits per heavy atom. The van der Waals surface area contributed by atoms with Gasteiger partial charge in [0.1, 0.15) is 0 Å². The van der Waals surface area contributed by atoms with Gasteiger partial charge in [0, 0.05) is 30.3 Å². The van der Waals surface area contributed by atoms with Crippen molar-refractivity contribution in [3.05, 3.63) is 53.1 Å². The van der Waals surface area contributed by atoms with Crippen LogP contribution >= 0.6 is 11.6 Å². The van der Waals surface area contributed by atoms with Crippen LogP contribution in [-0.4, -0.2) is 30.4 Å². The van der Waals surface area contributed by atoms with Crippen molar-refractivity contribution in [3.8, 4) is 17.3 Å². The van der Waals surface area contributed by atoms with Gasteiger partial charge in [-0.25, -0.2) is 0 Å². The van der Waals surface area contributed by atoms with Gasteiger partial charge in [0.25, 0.3) is 0 Å². The fourth-order valence-corrected chi connectivity index (χ4v) is 3.94. The summed E-state index contributed by atoms with van der Waals surface area (Å²) in [5.74, 6) is 0.0743. The van der Waals surface area contributed by atoms with Gasteiger partial charge in [-0.1, -0.05) is 29.8 Å². The SMILES string of the molecule is N#CN1CC[C@H](C(=O)N2CCc3cc(-c4cccc(Cl)c4)ccc32)C1. The molecule has 25 heavy (non-hydrogen) atoms. The molecule has 1 amide bonds. The molecule has 2 heterocycles. The minimum Gasteiger partial charge on any atom is -0.312 e. The number of carbonyl (C=O) groups is 1. The normalized spacial score (nSPS) is 19.0. The molecule has 0 saturated carbocycles. The second kappa shape index (κ2) is 6.42. The Bertz CT molecular complexity index is 873. The molecule has 0 aromatic heterocycles. The van der Waals surface area contributed by atoms with Crippen LogP contribution in [-0.2, 0) is 11.2 Å². The molecule has 0 radical (unpaired) electrons. The van der Waals surface area contributed by atoms with E-state index in [4.69, 9.17) is 16.9 Å².